The highest BCUT2D eigenvalue weighted by Gasteiger charge is 2.26. The molecular weight excluding hydrogens is 257 g/mol. The molecule has 1 unspecified atom stereocenters. The van der Waals surface area contributed by atoms with E-state index in [1.807, 2.05) is 0 Å². The molecule has 20 heavy (non-hydrogen) atoms. The summed E-state index contributed by atoms with van der Waals surface area (Å²) in [6.07, 6.45) is 1.34. The number of nitrogens with one attached hydrogen (secondary N) is 1. The molecule has 3 N–H and O–H groups in total. The van der Waals surface area contributed by atoms with Crippen molar-refractivity contribution in [2.75, 3.05) is 13.1 Å². The van der Waals surface area contributed by atoms with E-state index in [9.17, 15) is 4.39 Å². The molecule has 0 bridgehead atoms. The number of rotatable bonds is 6. The molecule has 0 aliphatic carbocycles. The van der Waals surface area contributed by atoms with Crippen molar-refractivity contribution < 1.29 is 9.13 Å². The van der Waals surface area contributed by atoms with Crippen LogP contribution in [0.15, 0.2) is 18.2 Å². The Kier molecular flexibility index (Phi) is 4.60. The molecule has 4 nitrogen and oxygen atoms in total. The van der Waals surface area contributed by atoms with E-state index >= 15 is 0 Å². The van der Waals surface area contributed by atoms with Gasteiger partial charge in [-0.3, -0.25) is 10.3 Å². The number of ether oxygens (including phenoxy) is 1. The SMILES string of the molecule is CC(C)N(CCC(=N)N)CC1Cc2cc(F)ccc2O1. The minimum absolute atomic E-state index is 0.0427. The highest BCUT2D eigenvalue weighted by Crippen LogP contribution is 2.29. The molecule has 110 valence electrons. The topological polar surface area (TPSA) is 62.3 Å². The molecule has 1 aliphatic heterocycles. The average molecular weight is 279 g/mol. The molecule has 0 radical (unpaired) electrons. The zero-order valence-corrected chi connectivity index (χ0v) is 12.0. The third-order valence-electron chi connectivity index (χ3n) is 3.60. The van der Waals surface area contributed by atoms with Gasteiger partial charge in [-0.05, 0) is 32.0 Å². The number of nitrogens with two attached hydrogens (primary N) is 1. The summed E-state index contributed by atoms with van der Waals surface area (Å²) in [6.45, 7) is 5.74. The fraction of sp³-hybridized carbons (Fsp3) is 0.533. The number of hydrogen-bond donors (Lipinski definition) is 2. The van der Waals surface area contributed by atoms with Crippen molar-refractivity contribution in [3.8, 4) is 5.75 Å². The number of fused-ring (bicyclic) bond motifs is 1. The van der Waals surface area contributed by atoms with E-state index in [2.05, 4.69) is 18.7 Å². The minimum Gasteiger partial charge on any atom is -0.488 e. The Labute approximate surface area is 119 Å². The maximum absolute atomic E-state index is 13.2. The maximum Gasteiger partial charge on any atom is 0.123 e. The predicted molar refractivity (Wildman–Crippen MR) is 77.8 cm³/mol. The summed E-state index contributed by atoms with van der Waals surface area (Å²) in [6, 6.07) is 5.03. The molecule has 1 aromatic carbocycles. The van der Waals surface area contributed by atoms with Gasteiger partial charge in [0, 0.05) is 37.5 Å². The average Bonchev–Trinajstić information content (AvgIpc) is 2.75. The van der Waals surface area contributed by atoms with Crippen LogP contribution in [0.3, 0.4) is 0 Å². The number of benzene rings is 1. The summed E-state index contributed by atoms with van der Waals surface area (Å²) in [7, 11) is 0. The first kappa shape index (κ1) is 14.8. The van der Waals surface area contributed by atoms with Crippen LogP contribution >= 0.6 is 0 Å². The van der Waals surface area contributed by atoms with Crippen LogP contribution in [0.5, 0.6) is 5.75 Å². The van der Waals surface area contributed by atoms with Gasteiger partial charge in [-0.25, -0.2) is 4.39 Å². The second kappa shape index (κ2) is 6.22. The maximum atomic E-state index is 13.2. The summed E-state index contributed by atoms with van der Waals surface area (Å²) in [5.74, 6) is 0.769. The van der Waals surface area contributed by atoms with E-state index in [-0.39, 0.29) is 17.8 Å². The summed E-state index contributed by atoms with van der Waals surface area (Å²) in [5, 5.41) is 7.32. The lowest BCUT2D eigenvalue weighted by atomic mass is 10.1. The van der Waals surface area contributed by atoms with Crippen LogP contribution in [-0.4, -0.2) is 36.0 Å². The molecule has 0 fully saturated rings. The summed E-state index contributed by atoms with van der Waals surface area (Å²) >= 11 is 0. The summed E-state index contributed by atoms with van der Waals surface area (Å²) in [5.41, 5.74) is 6.35. The molecule has 0 saturated carbocycles. The van der Waals surface area contributed by atoms with E-state index in [4.69, 9.17) is 15.9 Å². The number of nitrogens with zero attached hydrogens (tertiary/aromatic N) is 1. The fourth-order valence-electron chi connectivity index (χ4n) is 2.48. The Hall–Kier alpha value is -1.62. The van der Waals surface area contributed by atoms with Crippen LogP contribution in [0.2, 0.25) is 0 Å². The van der Waals surface area contributed by atoms with Crippen molar-refractivity contribution in [3.63, 3.8) is 0 Å². The first-order valence-corrected chi connectivity index (χ1v) is 6.97. The first-order chi connectivity index (χ1) is 9.45. The van der Waals surface area contributed by atoms with Crippen LogP contribution in [0.4, 0.5) is 4.39 Å². The van der Waals surface area contributed by atoms with Gasteiger partial charge in [-0.1, -0.05) is 0 Å². The molecule has 2 rings (SSSR count). The molecule has 0 aromatic heterocycles. The third-order valence-corrected chi connectivity index (χ3v) is 3.60. The van der Waals surface area contributed by atoms with Gasteiger partial charge < -0.3 is 10.5 Å². The molecule has 0 spiro atoms. The van der Waals surface area contributed by atoms with Gasteiger partial charge >= 0.3 is 0 Å². The highest BCUT2D eigenvalue weighted by molar-refractivity contribution is 5.76. The van der Waals surface area contributed by atoms with Gasteiger partial charge in [-0.15, -0.1) is 0 Å². The van der Waals surface area contributed by atoms with Gasteiger partial charge in [0.15, 0.2) is 0 Å². The lowest BCUT2D eigenvalue weighted by Gasteiger charge is -2.28. The second-order valence-corrected chi connectivity index (χ2v) is 5.56. The van der Waals surface area contributed by atoms with Crippen molar-refractivity contribution in [3.05, 3.63) is 29.6 Å². The molecule has 0 saturated heterocycles. The minimum atomic E-state index is -0.217. The van der Waals surface area contributed by atoms with Crippen LogP contribution in [0.25, 0.3) is 0 Å². The lowest BCUT2D eigenvalue weighted by molar-refractivity contribution is 0.130. The lowest BCUT2D eigenvalue weighted by Crippen LogP contribution is -2.40. The van der Waals surface area contributed by atoms with Crippen LogP contribution < -0.4 is 10.5 Å². The molecule has 5 heteroatoms. The predicted octanol–water partition coefficient (Wildman–Crippen LogP) is 2.17. The van der Waals surface area contributed by atoms with E-state index in [1.54, 1.807) is 12.1 Å². The van der Waals surface area contributed by atoms with Gasteiger partial charge in [-0.2, -0.15) is 0 Å². The Balaban J connectivity index is 1.94. The smallest absolute Gasteiger partial charge is 0.123 e. The van der Waals surface area contributed by atoms with Crippen molar-refractivity contribution >= 4 is 5.84 Å². The van der Waals surface area contributed by atoms with Crippen LogP contribution in [0.1, 0.15) is 25.8 Å². The first-order valence-electron chi connectivity index (χ1n) is 6.97. The quantitative estimate of drug-likeness (QED) is 0.619. The standard InChI is InChI=1S/C15H22FN3O/c1-10(2)19(6-5-15(17)18)9-13-8-11-7-12(16)3-4-14(11)20-13/h3-4,7,10,13H,5-6,8-9H2,1-2H3,(H3,17,18). The molecule has 0 amide bonds. The molecular formula is C15H22FN3O. The Bertz CT molecular complexity index is 490. The molecule has 1 aromatic rings. The zero-order valence-electron chi connectivity index (χ0n) is 12.0. The number of amidine groups is 1. The Morgan fingerprint density at radius 3 is 2.95 bits per heavy atom. The van der Waals surface area contributed by atoms with Gasteiger partial charge in [0.2, 0.25) is 0 Å². The van der Waals surface area contributed by atoms with Crippen molar-refractivity contribution in [1.29, 1.82) is 5.41 Å². The van der Waals surface area contributed by atoms with Crippen molar-refractivity contribution in [2.24, 2.45) is 5.73 Å². The molecule has 1 heterocycles. The van der Waals surface area contributed by atoms with E-state index in [1.165, 1.54) is 6.07 Å². The van der Waals surface area contributed by atoms with Crippen molar-refractivity contribution in [2.45, 2.75) is 38.8 Å². The Morgan fingerprint density at radius 1 is 1.55 bits per heavy atom. The van der Waals surface area contributed by atoms with E-state index < -0.39 is 0 Å². The monoisotopic (exact) mass is 279 g/mol. The number of hydrogen-bond acceptors (Lipinski definition) is 3. The van der Waals surface area contributed by atoms with Crippen LogP contribution in [0, 0.1) is 11.2 Å². The second-order valence-electron chi connectivity index (χ2n) is 5.56. The van der Waals surface area contributed by atoms with Gasteiger partial charge in [0.25, 0.3) is 0 Å². The fourth-order valence-corrected chi connectivity index (χ4v) is 2.48. The third kappa shape index (κ3) is 3.70. The summed E-state index contributed by atoms with van der Waals surface area (Å²) < 4.78 is 19.0. The van der Waals surface area contributed by atoms with E-state index in [0.29, 0.717) is 12.5 Å². The molecule has 1 atom stereocenters. The van der Waals surface area contributed by atoms with Crippen LogP contribution in [-0.2, 0) is 6.42 Å². The molecule has 1 aliphatic rings. The number of halogens is 1. The van der Waals surface area contributed by atoms with E-state index in [0.717, 1.165) is 30.8 Å². The highest BCUT2D eigenvalue weighted by atomic mass is 19.1. The Morgan fingerprint density at radius 2 is 2.30 bits per heavy atom. The van der Waals surface area contributed by atoms with Crippen molar-refractivity contribution in [1.82, 2.24) is 4.90 Å². The summed E-state index contributed by atoms with van der Waals surface area (Å²) in [4.78, 5) is 2.24. The van der Waals surface area contributed by atoms with Gasteiger partial charge in [0.1, 0.15) is 17.7 Å². The normalized spacial score (nSPS) is 17.4. The zero-order chi connectivity index (χ0) is 14.7. The van der Waals surface area contributed by atoms with Gasteiger partial charge in [0.05, 0.1) is 5.84 Å². The largest absolute Gasteiger partial charge is 0.488 e.